The number of rotatable bonds is 5. The topological polar surface area (TPSA) is 73.6 Å². The van der Waals surface area contributed by atoms with Crippen molar-refractivity contribution >= 4 is 5.91 Å². The van der Waals surface area contributed by atoms with Crippen LogP contribution in [0.15, 0.2) is 30.3 Å². The maximum Gasteiger partial charge on any atom is 0.249 e. The van der Waals surface area contributed by atoms with E-state index in [4.69, 9.17) is 15.2 Å². The van der Waals surface area contributed by atoms with Crippen LogP contribution in [-0.4, -0.2) is 37.8 Å². The molecule has 2 aliphatic rings. The van der Waals surface area contributed by atoms with E-state index in [1.807, 2.05) is 18.2 Å². The standard InChI is InChI=1S/C18H26N2O3/c19-11-15-8-9-16(23-15)18(21)20-12-14-7-4-10-22-17(14)13-5-2-1-3-6-13/h1-3,5-6,14-17H,4,7-12,19H2,(H,20,21)/t14?,15-,16+,17?/m1/s1. The third kappa shape index (κ3) is 4.10. The molecule has 5 nitrogen and oxygen atoms in total. The molecule has 3 N–H and O–H groups in total. The van der Waals surface area contributed by atoms with Gasteiger partial charge in [-0.3, -0.25) is 4.79 Å². The summed E-state index contributed by atoms with van der Waals surface area (Å²) in [7, 11) is 0. The highest BCUT2D eigenvalue weighted by atomic mass is 16.5. The normalized spacial score (nSPS) is 31.0. The molecule has 0 aliphatic carbocycles. The van der Waals surface area contributed by atoms with Crippen LogP contribution in [0, 0.1) is 5.92 Å². The van der Waals surface area contributed by atoms with Crippen molar-refractivity contribution in [2.75, 3.05) is 19.7 Å². The first-order valence-electron chi connectivity index (χ1n) is 8.57. The maximum atomic E-state index is 12.3. The Balaban J connectivity index is 1.54. The quantitative estimate of drug-likeness (QED) is 0.868. The molecule has 2 unspecified atom stereocenters. The monoisotopic (exact) mass is 318 g/mol. The number of amides is 1. The van der Waals surface area contributed by atoms with Crippen LogP contribution in [0.3, 0.4) is 0 Å². The van der Waals surface area contributed by atoms with Crippen LogP contribution in [0.1, 0.15) is 37.4 Å². The van der Waals surface area contributed by atoms with E-state index in [0.29, 0.717) is 19.0 Å². The number of nitrogens with two attached hydrogens (primary N) is 1. The van der Waals surface area contributed by atoms with Crippen LogP contribution in [0.5, 0.6) is 0 Å². The molecule has 0 bridgehead atoms. The molecule has 2 heterocycles. The van der Waals surface area contributed by atoms with Crippen LogP contribution in [-0.2, 0) is 14.3 Å². The third-order valence-corrected chi connectivity index (χ3v) is 4.77. The minimum atomic E-state index is -0.344. The average Bonchev–Trinajstić information content (AvgIpc) is 3.10. The number of ether oxygens (including phenoxy) is 2. The van der Waals surface area contributed by atoms with Gasteiger partial charge in [0.1, 0.15) is 6.10 Å². The maximum absolute atomic E-state index is 12.3. The summed E-state index contributed by atoms with van der Waals surface area (Å²) in [5, 5.41) is 3.05. The van der Waals surface area contributed by atoms with Crippen LogP contribution < -0.4 is 11.1 Å². The van der Waals surface area contributed by atoms with E-state index >= 15 is 0 Å². The van der Waals surface area contributed by atoms with Gasteiger partial charge in [0, 0.05) is 25.6 Å². The summed E-state index contributed by atoms with van der Waals surface area (Å²) in [4.78, 5) is 12.3. The predicted octanol–water partition coefficient (Wildman–Crippen LogP) is 1.78. The van der Waals surface area contributed by atoms with Gasteiger partial charge in [0.15, 0.2) is 0 Å². The van der Waals surface area contributed by atoms with Crippen molar-refractivity contribution in [2.45, 2.75) is 44.0 Å². The second-order valence-corrected chi connectivity index (χ2v) is 6.41. The minimum absolute atomic E-state index is 0.0154. The molecular weight excluding hydrogens is 292 g/mol. The van der Waals surface area contributed by atoms with Crippen molar-refractivity contribution in [1.29, 1.82) is 0 Å². The Bertz CT molecular complexity index is 508. The summed E-state index contributed by atoms with van der Waals surface area (Å²) in [6.45, 7) is 1.90. The van der Waals surface area contributed by atoms with E-state index in [1.54, 1.807) is 0 Å². The molecule has 1 aromatic carbocycles. The molecule has 1 amide bonds. The molecule has 2 aliphatic heterocycles. The van der Waals surface area contributed by atoms with Crippen molar-refractivity contribution in [2.24, 2.45) is 11.7 Å². The lowest BCUT2D eigenvalue weighted by Crippen LogP contribution is -2.40. The number of nitrogens with one attached hydrogen (secondary N) is 1. The smallest absolute Gasteiger partial charge is 0.249 e. The van der Waals surface area contributed by atoms with Gasteiger partial charge in [-0.05, 0) is 31.2 Å². The molecule has 126 valence electrons. The summed E-state index contributed by atoms with van der Waals surface area (Å²) < 4.78 is 11.6. The highest BCUT2D eigenvalue weighted by Crippen LogP contribution is 2.33. The fraction of sp³-hybridized carbons (Fsp3) is 0.611. The lowest BCUT2D eigenvalue weighted by Gasteiger charge is -2.32. The molecular formula is C18H26N2O3. The average molecular weight is 318 g/mol. The zero-order valence-electron chi connectivity index (χ0n) is 13.4. The zero-order valence-corrected chi connectivity index (χ0v) is 13.4. The second kappa shape index (κ2) is 7.90. The summed E-state index contributed by atoms with van der Waals surface area (Å²) in [5.41, 5.74) is 6.78. The SMILES string of the molecule is NC[C@H]1CC[C@@H](C(=O)NCC2CCCOC2c2ccccc2)O1. The van der Waals surface area contributed by atoms with Gasteiger partial charge in [0.25, 0.3) is 0 Å². The van der Waals surface area contributed by atoms with Crippen molar-refractivity contribution < 1.29 is 14.3 Å². The summed E-state index contributed by atoms with van der Waals surface area (Å²) in [5.74, 6) is 0.292. The predicted molar refractivity (Wildman–Crippen MR) is 87.8 cm³/mol. The summed E-state index contributed by atoms with van der Waals surface area (Å²) in [6, 6.07) is 10.3. The molecule has 4 atom stereocenters. The highest BCUT2D eigenvalue weighted by Gasteiger charge is 2.32. The first-order chi connectivity index (χ1) is 11.3. The number of hydrogen-bond acceptors (Lipinski definition) is 4. The Hall–Kier alpha value is -1.43. The van der Waals surface area contributed by atoms with Crippen LogP contribution in [0.4, 0.5) is 0 Å². The van der Waals surface area contributed by atoms with Crippen LogP contribution in [0.2, 0.25) is 0 Å². The Morgan fingerprint density at radius 1 is 1.22 bits per heavy atom. The van der Waals surface area contributed by atoms with E-state index < -0.39 is 0 Å². The van der Waals surface area contributed by atoms with Crippen LogP contribution >= 0.6 is 0 Å². The van der Waals surface area contributed by atoms with E-state index in [2.05, 4.69) is 17.4 Å². The molecule has 23 heavy (non-hydrogen) atoms. The van der Waals surface area contributed by atoms with E-state index in [0.717, 1.165) is 32.3 Å². The van der Waals surface area contributed by atoms with Gasteiger partial charge in [0.2, 0.25) is 5.91 Å². The number of hydrogen-bond donors (Lipinski definition) is 2. The fourth-order valence-electron chi connectivity index (χ4n) is 3.48. The number of benzene rings is 1. The molecule has 5 heteroatoms. The third-order valence-electron chi connectivity index (χ3n) is 4.77. The van der Waals surface area contributed by atoms with Crippen LogP contribution in [0.25, 0.3) is 0 Å². The molecule has 0 radical (unpaired) electrons. The van der Waals surface area contributed by atoms with Gasteiger partial charge < -0.3 is 20.5 Å². The first kappa shape index (κ1) is 16.4. The zero-order chi connectivity index (χ0) is 16.1. The molecule has 1 aromatic rings. The Morgan fingerprint density at radius 3 is 2.78 bits per heavy atom. The molecule has 0 spiro atoms. The van der Waals surface area contributed by atoms with Gasteiger partial charge in [-0.1, -0.05) is 30.3 Å². The molecule has 3 rings (SSSR count). The fourth-order valence-corrected chi connectivity index (χ4v) is 3.48. The van der Waals surface area contributed by atoms with Crippen molar-refractivity contribution in [3.05, 3.63) is 35.9 Å². The van der Waals surface area contributed by atoms with Crippen molar-refractivity contribution in [1.82, 2.24) is 5.32 Å². The largest absolute Gasteiger partial charge is 0.373 e. The summed E-state index contributed by atoms with van der Waals surface area (Å²) in [6.07, 6.45) is 3.48. The number of carbonyl (C=O) groups is 1. The molecule has 2 fully saturated rings. The lowest BCUT2D eigenvalue weighted by molar-refractivity contribution is -0.132. The Labute approximate surface area is 137 Å². The second-order valence-electron chi connectivity index (χ2n) is 6.41. The highest BCUT2D eigenvalue weighted by molar-refractivity contribution is 5.81. The van der Waals surface area contributed by atoms with Crippen molar-refractivity contribution in [3.63, 3.8) is 0 Å². The van der Waals surface area contributed by atoms with Crippen molar-refractivity contribution in [3.8, 4) is 0 Å². The Morgan fingerprint density at radius 2 is 2.04 bits per heavy atom. The first-order valence-corrected chi connectivity index (χ1v) is 8.57. The van der Waals surface area contributed by atoms with E-state index in [-0.39, 0.29) is 24.2 Å². The number of carbonyl (C=O) groups excluding carboxylic acids is 1. The van der Waals surface area contributed by atoms with Gasteiger partial charge in [-0.15, -0.1) is 0 Å². The van der Waals surface area contributed by atoms with Gasteiger partial charge in [-0.2, -0.15) is 0 Å². The van der Waals surface area contributed by atoms with Gasteiger partial charge in [-0.25, -0.2) is 0 Å². The van der Waals surface area contributed by atoms with Gasteiger partial charge >= 0.3 is 0 Å². The van der Waals surface area contributed by atoms with Gasteiger partial charge in [0.05, 0.1) is 12.2 Å². The Kier molecular flexibility index (Phi) is 5.65. The lowest BCUT2D eigenvalue weighted by atomic mass is 9.89. The summed E-state index contributed by atoms with van der Waals surface area (Å²) >= 11 is 0. The van der Waals surface area contributed by atoms with E-state index in [9.17, 15) is 4.79 Å². The van der Waals surface area contributed by atoms with E-state index in [1.165, 1.54) is 5.56 Å². The minimum Gasteiger partial charge on any atom is -0.373 e. The molecule has 2 saturated heterocycles. The molecule has 0 aromatic heterocycles. The molecule has 0 saturated carbocycles.